The van der Waals surface area contributed by atoms with Gasteiger partial charge in [0, 0.05) is 33.4 Å². The van der Waals surface area contributed by atoms with Gasteiger partial charge in [-0.25, -0.2) is 4.79 Å². The minimum absolute atomic E-state index is 0. The molecule has 0 spiro atoms. The summed E-state index contributed by atoms with van der Waals surface area (Å²) < 4.78 is 0. The fraction of sp³-hybridized carbons (Fsp3) is 0.850. The van der Waals surface area contributed by atoms with Gasteiger partial charge in [-0.15, -0.1) is 0 Å². The molecule has 0 aliphatic rings. The molecule has 2 atom stereocenters. The summed E-state index contributed by atoms with van der Waals surface area (Å²) in [4.78, 5) is 10.5. The van der Waals surface area contributed by atoms with Crippen molar-refractivity contribution in [2.24, 2.45) is 17.8 Å². The Hall–Kier alpha value is 0.665. The van der Waals surface area contributed by atoms with E-state index in [1.165, 1.54) is 51.0 Å². The second kappa shape index (κ2) is 18.5. The molecule has 0 aromatic heterocycles. The zero-order chi connectivity index (χ0) is 17.0. The maximum atomic E-state index is 10.5. The van der Waals surface area contributed by atoms with E-state index in [0.717, 1.165) is 36.2 Å². The van der Waals surface area contributed by atoms with Crippen LogP contribution in [0.3, 0.4) is 0 Å². The van der Waals surface area contributed by atoms with Crippen molar-refractivity contribution >= 4 is 23.3 Å². The quantitative estimate of drug-likeness (QED) is 0.305. The second-order valence-corrected chi connectivity index (χ2v) is 7.69. The van der Waals surface area contributed by atoms with Gasteiger partial charge in [-0.05, 0) is 37.5 Å². The maximum absolute atomic E-state index is 10.5. The average Bonchev–Trinajstić information content (AvgIpc) is 2.37. The van der Waals surface area contributed by atoms with Crippen LogP contribution in [0.4, 0.5) is 0 Å². The van der Waals surface area contributed by atoms with Gasteiger partial charge in [0.2, 0.25) is 0 Å². The standard InChI is InChI=1S/C20H38O2.Al.Cd.3H/c1-16(2)9-6-10-17(3)11-7-12-18(4)13-8-14-19(5)15-20(21)22;;;;;/h15-18H,6-14H2,1-5H3,(H,21,22);;;;;/b19-15+;;;;;/t17-,18-;;;;;/m1...../s1. The van der Waals surface area contributed by atoms with E-state index in [1.807, 2.05) is 6.92 Å². The van der Waals surface area contributed by atoms with Crippen LogP contribution < -0.4 is 0 Å². The molecule has 0 heterocycles. The molecule has 2 nitrogen and oxygen atoms in total. The second-order valence-electron chi connectivity index (χ2n) is 7.69. The van der Waals surface area contributed by atoms with Crippen molar-refractivity contribution in [3.05, 3.63) is 11.6 Å². The Morgan fingerprint density at radius 2 is 1.29 bits per heavy atom. The zero-order valence-electron chi connectivity index (χ0n) is 16.2. The number of aliphatic carboxylic acids is 1. The van der Waals surface area contributed by atoms with Gasteiger partial charge in [-0.3, -0.25) is 0 Å². The molecule has 0 fully saturated rings. The fourth-order valence-electron chi connectivity index (χ4n) is 2.99. The van der Waals surface area contributed by atoms with Crippen LogP contribution in [-0.4, -0.2) is 28.4 Å². The number of hydrogen-bond donors (Lipinski definition) is 1. The molecule has 0 aliphatic carbocycles. The first-order valence-electron chi connectivity index (χ1n) is 9.21. The number of hydrogen-bond acceptors (Lipinski definition) is 1. The van der Waals surface area contributed by atoms with Gasteiger partial charge in [0.25, 0.3) is 0 Å². The van der Waals surface area contributed by atoms with Crippen molar-refractivity contribution in [1.29, 1.82) is 0 Å². The number of carboxylic acid groups (broad SMARTS) is 1. The Balaban J connectivity index is -0.00000220. The smallest absolute Gasteiger partial charge is 0.328 e. The number of carbonyl (C=O) groups is 1. The fourth-order valence-corrected chi connectivity index (χ4v) is 2.99. The monoisotopic (exact) mass is 454 g/mol. The van der Waals surface area contributed by atoms with Crippen molar-refractivity contribution in [2.45, 2.75) is 92.4 Å². The molecule has 0 radical (unpaired) electrons. The molecule has 0 rings (SSSR count). The van der Waals surface area contributed by atoms with Gasteiger partial charge in [-0.2, -0.15) is 0 Å². The molecule has 0 unspecified atom stereocenters. The van der Waals surface area contributed by atoms with E-state index in [2.05, 4.69) is 27.7 Å². The summed E-state index contributed by atoms with van der Waals surface area (Å²) in [5.41, 5.74) is 0.985. The molecular formula is C20H41AlCdO2. The van der Waals surface area contributed by atoms with Crippen molar-refractivity contribution in [1.82, 2.24) is 0 Å². The van der Waals surface area contributed by atoms with E-state index in [0.29, 0.717) is 0 Å². The maximum Gasteiger partial charge on any atom is 0.328 e. The van der Waals surface area contributed by atoms with Crippen molar-refractivity contribution in [2.75, 3.05) is 0 Å². The molecule has 4 heteroatoms. The third-order valence-electron chi connectivity index (χ3n) is 4.51. The van der Waals surface area contributed by atoms with Crippen LogP contribution in [0.5, 0.6) is 0 Å². The van der Waals surface area contributed by atoms with Crippen molar-refractivity contribution in [3.63, 3.8) is 0 Å². The Kier molecular flexibility index (Phi) is 22.6. The van der Waals surface area contributed by atoms with E-state index < -0.39 is 5.97 Å². The van der Waals surface area contributed by atoms with Crippen LogP contribution in [0.2, 0.25) is 0 Å². The van der Waals surface area contributed by atoms with Gasteiger partial charge in [-0.1, -0.05) is 78.2 Å². The molecule has 0 aromatic rings. The minimum atomic E-state index is -0.822. The number of allylic oxidation sites excluding steroid dienone is 1. The summed E-state index contributed by atoms with van der Waals surface area (Å²) >= 11 is 0. The van der Waals surface area contributed by atoms with Crippen LogP contribution in [0, 0.1) is 17.8 Å². The third kappa shape index (κ3) is 20.7. The number of carboxylic acids is 1. The molecule has 138 valence electrons. The molecule has 0 bridgehead atoms. The molecule has 0 saturated heterocycles. The van der Waals surface area contributed by atoms with Gasteiger partial charge >= 0.3 is 5.97 Å². The first kappa shape index (κ1) is 29.4. The molecule has 0 aromatic carbocycles. The van der Waals surface area contributed by atoms with Crippen molar-refractivity contribution < 1.29 is 37.2 Å². The van der Waals surface area contributed by atoms with Crippen LogP contribution in [0.25, 0.3) is 0 Å². The van der Waals surface area contributed by atoms with Crippen LogP contribution >= 0.6 is 0 Å². The summed E-state index contributed by atoms with van der Waals surface area (Å²) in [5.74, 6) is 1.65. The topological polar surface area (TPSA) is 37.3 Å². The predicted octanol–water partition coefficient (Wildman–Crippen LogP) is 5.27. The van der Waals surface area contributed by atoms with E-state index >= 15 is 0 Å². The summed E-state index contributed by atoms with van der Waals surface area (Å²) in [6.07, 6.45) is 12.7. The largest absolute Gasteiger partial charge is 0.478 e. The normalized spacial score (nSPS) is 13.8. The minimum Gasteiger partial charge on any atom is -0.478 e. The van der Waals surface area contributed by atoms with E-state index in [4.69, 9.17) is 5.11 Å². The Labute approximate surface area is 181 Å². The summed E-state index contributed by atoms with van der Waals surface area (Å²) in [5, 5.41) is 8.68. The molecule has 0 saturated carbocycles. The summed E-state index contributed by atoms with van der Waals surface area (Å²) in [6.45, 7) is 11.3. The molecule has 0 aliphatic heterocycles. The Bertz CT molecular complexity index is 330. The van der Waals surface area contributed by atoms with Crippen molar-refractivity contribution in [3.8, 4) is 0 Å². The van der Waals surface area contributed by atoms with Crippen LogP contribution in [0.1, 0.15) is 92.4 Å². The SMILES string of the molecule is C/C(=C\C(=O)O)CCC[C@H](C)CCC[C@H](C)CCCC(C)C.[AlH3].[Cd]. The molecule has 24 heavy (non-hydrogen) atoms. The van der Waals surface area contributed by atoms with Gasteiger partial charge in [0.05, 0.1) is 0 Å². The zero-order valence-corrected chi connectivity index (χ0v) is 20.3. The Morgan fingerprint density at radius 1 is 0.875 bits per heavy atom. The third-order valence-corrected chi connectivity index (χ3v) is 4.51. The predicted molar refractivity (Wildman–Crippen MR) is 106 cm³/mol. The van der Waals surface area contributed by atoms with E-state index in [-0.39, 0.29) is 44.7 Å². The van der Waals surface area contributed by atoms with Gasteiger partial charge < -0.3 is 5.11 Å². The first-order valence-corrected chi connectivity index (χ1v) is 9.21. The summed E-state index contributed by atoms with van der Waals surface area (Å²) in [6, 6.07) is 0. The first-order chi connectivity index (χ1) is 10.3. The number of rotatable bonds is 13. The summed E-state index contributed by atoms with van der Waals surface area (Å²) in [7, 11) is 0. The molecular weight excluding hydrogens is 412 g/mol. The van der Waals surface area contributed by atoms with E-state index in [9.17, 15) is 4.79 Å². The van der Waals surface area contributed by atoms with E-state index in [1.54, 1.807) is 0 Å². The van der Waals surface area contributed by atoms with Crippen LogP contribution in [-0.2, 0) is 32.1 Å². The average molecular weight is 453 g/mol. The van der Waals surface area contributed by atoms with Gasteiger partial charge in [0.1, 0.15) is 0 Å². The van der Waals surface area contributed by atoms with Gasteiger partial charge in [0.15, 0.2) is 17.4 Å². The Morgan fingerprint density at radius 3 is 1.71 bits per heavy atom. The van der Waals surface area contributed by atoms with Crippen LogP contribution in [0.15, 0.2) is 11.6 Å². The molecule has 1 N–H and O–H groups in total. The molecule has 0 amide bonds.